The SMILES string of the molecule is CC(C)(C)c1ccc(-c2ccc(-c3nc4cc5c(cc4s3)N(c3cc(C(C)(C)C)cc(C(C)(C)C)c3)c3cc(C(C)(C)C)cc4c3B5c3cc(C(C)(C)C)ccc3N4c3cc(C(C)(C)C)cc(C(C)(C)C)c3)cc2)cc1. The van der Waals surface area contributed by atoms with Crippen LogP contribution in [-0.4, -0.2) is 11.7 Å². The number of thiazole rings is 1. The topological polar surface area (TPSA) is 19.4 Å². The predicted molar refractivity (Wildman–Crippen MR) is 335 cm³/mol. The molecule has 2 aliphatic rings. The Labute approximate surface area is 462 Å². The van der Waals surface area contributed by atoms with E-state index in [0.29, 0.717) is 0 Å². The molecule has 8 aromatic rings. The highest BCUT2D eigenvalue weighted by Gasteiger charge is 2.45. The van der Waals surface area contributed by atoms with Crippen molar-refractivity contribution in [2.45, 2.75) is 183 Å². The monoisotopic (exact) mass is 1020 g/mol. The summed E-state index contributed by atoms with van der Waals surface area (Å²) in [6.45, 7) is 49.3. The van der Waals surface area contributed by atoms with Crippen molar-refractivity contribution in [1.29, 1.82) is 0 Å². The molecule has 3 nitrogen and oxygen atoms in total. The van der Waals surface area contributed by atoms with Crippen LogP contribution >= 0.6 is 11.3 Å². The Morgan fingerprint density at radius 1 is 0.329 bits per heavy atom. The highest BCUT2D eigenvalue weighted by molar-refractivity contribution is 7.21. The molecule has 5 heteroatoms. The van der Waals surface area contributed by atoms with Gasteiger partial charge in [0.1, 0.15) is 5.01 Å². The first kappa shape index (κ1) is 53.5. The summed E-state index contributed by atoms with van der Waals surface area (Å²) in [6, 6.07) is 50.5. The molecule has 0 spiro atoms. The van der Waals surface area contributed by atoms with Crippen LogP contribution < -0.4 is 26.2 Å². The molecule has 0 N–H and O–H groups in total. The van der Waals surface area contributed by atoms with Crippen LogP contribution in [0, 0.1) is 0 Å². The Hall–Kier alpha value is -5.91. The minimum Gasteiger partial charge on any atom is -0.311 e. The first-order chi connectivity index (χ1) is 35.1. The van der Waals surface area contributed by atoms with Crippen molar-refractivity contribution in [1.82, 2.24) is 4.98 Å². The van der Waals surface area contributed by atoms with Crippen LogP contribution in [0.4, 0.5) is 34.1 Å². The number of benzene rings is 7. The van der Waals surface area contributed by atoms with E-state index in [4.69, 9.17) is 4.98 Å². The molecule has 3 heterocycles. The van der Waals surface area contributed by atoms with Crippen LogP contribution in [0.15, 0.2) is 127 Å². The largest absolute Gasteiger partial charge is 0.311 e. The van der Waals surface area contributed by atoms with Gasteiger partial charge in [-0.1, -0.05) is 218 Å². The molecule has 76 heavy (non-hydrogen) atoms. The lowest BCUT2D eigenvalue weighted by molar-refractivity contribution is 0.568. The van der Waals surface area contributed by atoms with Gasteiger partial charge in [-0.25, -0.2) is 4.98 Å². The number of hydrogen-bond donors (Lipinski definition) is 0. The lowest BCUT2D eigenvalue weighted by atomic mass is 9.33. The lowest BCUT2D eigenvalue weighted by Crippen LogP contribution is -2.61. The lowest BCUT2D eigenvalue weighted by Gasteiger charge is -2.46. The third kappa shape index (κ3) is 9.77. The van der Waals surface area contributed by atoms with Gasteiger partial charge in [0, 0.05) is 39.7 Å². The van der Waals surface area contributed by atoms with E-state index >= 15 is 0 Å². The maximum absolute atomic E-state index is 5.56. The molecular formula is C71H84BN3S. The summed E-state index contributed by atoms with van der Waals surface area (Å²) in [5.74, 6) is 0. The molecular weight excluding hydrogens is 938 g/mol. The van der Waals surface area contributed by atoms with Crippen molar-refractivity contribution in [2.24, 2.45) is 0 Å². The van der Waals surface area contributed by atoms with E-state index in [-0.39, 0.29) is 44.6 Å². The summed E-state index contributed by atoms with van der Waals surface area (Å²) in [7, 11) is 0. The molecule has 2 aliphatic heterocycles. The minimum atomic E-state index is -0.148. The standard InChI is InChI=1S/C71H84BN3S/c1-65(2,3)46-28-26-44(27-29-46)43-22-24-45(25-23-43)64-73-57-41-56-59(42-62(57)76-64)75(54-36-50(69(13,14)15)33-51(37-54)70(16,17)18)61-40-52(71(19,20)21)39-60-63(61)72(56)55-38-47(66(4,5)6)30-31-58(55)74(60)53-34-48(67(7,8)9)32-49(35-53)68(10,11)12/h22-42H,1-21H3. The molecule has 0 amide bonds. The van der Waals surface area contributed by atoms with E-state index in [1.54, 1.807) is 11.3 Å². The van der Waals surface area contributed by atoms with Crippen molar-refractivity contribution in [2.75, 3.05) is 9.80 Å². The van der Waals surface area contributed by atoms with Crippen molar-refractivity contribution in [3.05, 3.63) is 166 Å². The summed E-state index contributed by atoms with van der Waals surface area (Å²) >= 11 is 1.81. The Morgan fingerprint density at radius 3 is 1.13 bits per heavy atom. The van der Waals surface area contributed by atoms with E-state index < -0.39 is 0 Å². The molecule has 0 aliphatic carbocycles. The fourth-order valence-corrected chi connectivity index (χ4v) is 12.2. The summed E-state index contributed by atoms with van der Waals surface area (Å²) in [5.41, 5.74) is 25.0. The number of fused-ring (bicyclic) bond motifs is 5. The van der Waals surface area contributed by atoms with E-state index in [1.807, 2.05) is 0 Å². The van der Waals surface area contributed by atoms with Crippen molar-refractivity contribution in [3.63, 3.8) is 0 Å². The van der Waals surface area contributed by atoms with Gasteiger partial charge in [0.15, 0.2) is 0 Å². The van der Waals surface area contributed by atoms with Gasteiger partial charge in [0.05, 0.1) is 10.2 Å². The van der Waals surface area contributed by atoms with E-state index in [0.717, 1.165) is 16.1 Å². The van der Waals surface area contributed by atoms with Gasteiger partial charge >= 0.3 is 0 Å². The van der Waals surface area contributed by atoms with Crippen LogP contribution in [0.1, 0.15) is 184 Å². The number of rotatable bonds is 4. The average Bonchev–Trinajstić information content (AvgIpc) is 3.86. The zero-order valence-corrected chi connectivity index (χ0v) is 50.8. The van der Waals surface area contributed by atoms with Gasteiger partial charge in [-0.05, 0) is 159 Å². The number of anilines is 6. The normalized spacial score (nSPS) is 14.3. The molecule has 0 saturated heterocycles. The molecule has 0 bridgehead atoms. The fraction of sp³-hybridized carbons (Fsp3) is 0.394. The third-order valence-corrected chi connectivity index (χ3v) is 17.4. The molecule has 1 aromatic heterocycles. The number of hydrogen-bond acceptors (Lipinski definition) is 4. The first-order valence-electron chi connectivity index (χ1n) is 28.0. The molecule has 10 rings (SSSR count). The average molecular weight is 1020 g/mol. The van der Waals surface area contributed by atoms with Gasteiger partial charge in [0.25, 0.3) is 6.71 Å². The third-order valence-electron chi connectivity index (χ3n) is 16.3. The zero-order chi connectivity index (χ0) is 55.2. The van der Waals surface area contributed by atoms with Gasteiger partial charge < -0.3 is 9.80 Å². The second kappa shape index (κ2) is 17.8. The molecule has 0 unspecified atom stereocenters. The second-order valence-corrected chi connectivity index (χ2v) is 30.7. The van der Waals surface area contributed by atoms with E-state index in [9.17, 15) is 0 Å². The highest BCUT2D eigenvalue weighted by atomic mass is 32.1. The molecule has 392 valence electrons. The first-order valence-corrected chi connectivity index (χ1v) is 28.8. The highest BCUT2D eigenvalue weighted by Crippen LogP contribution is 2.50. The molecule has 0 saturated carbocycles. The van der Waals surface area contributed by atoms with Crippen LogP contribution in [0.5, 0.6) is 0 Å². The predicted octanol–water partition coefficient (Wildman–Crippen LogP) is 18.8. The number of nitrogens with zero attached hydrogens (tertiary/aromatic N) is 3. The van der Waals surface area contributed by atoms with Crippen LogP contribution in [0.2, 0.25) is 0 Å². The quantitative estimate of drug-likeness (QED) is 0.164. The van der Waals surface area contributed by atoms with Gasteiger partial charge in [-0.15, -0.1) is 11.3 Å². The van der Waals surface area contributed by atoms with Crippen LogP contribution in [0.25, 0.3) is 31.9 Å². The van der Waals surface area contributed by atoms with E-state index in [2.05, 4.69) is 283 Å². The van der Waals surface area contributed by atoms with Crippen molar-refractivity contribution in [3.8, 4) is 21.7 Å². The summed E-state index contributed by atoms with van der Waals surface area (Å²) in [6.07, 6.45) is 0. The summed E-state index contributed by atoms with van der Waals surface area (Å²) < 4.78 is 1.19. The Balaban J connectivity index is 1.29. The van der Waals surface area contributed by atoms with Crippen molar-refractivity contribution >= 4 is 78.8 Å². The Kier molecular flexibility index (Phi) is 12.5. The minimum absolute atomic E-state index is 0.0573. The Bertz CT molecular complexity index is 3500. The van der Waals surface area contributed by atoms with Crippen molar-refractivity contribution < 1.29 is 0 Å². The zero-order valence-electron chi connectivity index (χ0n) is 50.0. The van der Waals surface area contributed by atoms with Gasteiger partial charge in [0.2, 0.25) is 0 Å². The fourth-order valence-electron chi connectivity index (χ4n) is 11.2. The molecule has 0 atom stereocenters. The second-order valence-electron chi connectivity index (χ2n) is 29.6. The van der Waals surface area contributed by atoms with Crippen LogP contribution in [-0.2, 0) is 37.9 Å². The number of aromatic nitrogens is 1. The van der Waals surface area contributed by atoms with Crippen LogP contribution in [0.3, 0.4) is 0 Å². The summed E-state index contributed by atoms with van der Waals surface area (Å²) in [4.78, 5) is 10.9. The maximum atomic E-state index is 5.56. The molecule has 0 radical (unpaired) electrons. The smallest absolute Gasteiger partial charge is 0.252 e. The maximum Gasteiger partial charge on any atom is 0.252 e. The van der Waals surface area contributed by atoms with E-state index in [1.165, 1.54) is 105 Å². The Morgan fingerprint density at radius 2 is 0.697 bits per heavy atom. The summed E-state index contributed by atoms with van der Waals surface area (Å²) in [5, 5.41) is 1.04. The molecule has 7 aromatic carbocycles. The van der Waals surface area contributed by atoms with Gasteiger partial charge in [-0.2, -0.15) is 0 Å². The van der Waals surface area contributed by atoms with Gasteiger partial charge in [-0.3, -0.25) is 0 Å². The molecule has 0 fully saturated rings.